The first-order valence-corrected chi connectivity index (χ1v) is 4.64. The maximum absolute atomic E-state index is 12.7. The molecule has 2 heteroatoms. The van der Waals surface area contributed by atoms with Gasteiger partial charge in [0.2, 0.25) is 0 Å². The Labute approximate surface area is 78.8 Å². The van der Waals surface area contributed by atoms with E-state index in [1.165, 1.54) is 6.07 Å². The zero-order valence-corrected chi connectivity index (χ0v) is 8.18. The minimum Gasteiger partial charge on any atom is -0.327 e. The van der Waals surface area contributed by atoms with E-state index in [0.29, 0.717) is 0 Å². The van der Waals surface area contributed by atoms with Crippen LogP contribution >= 0.6 is 0 Å². The highest BCUT2D eigenvalue weighted by atomic mass is 19.1. The molecule has 72 valence electrons. The molecular weight excluding hydrogens is 165 g/mol. The van der Waals surface area contributed by atoms with Crippen LogP contribution in [0.2, 0.25) is 0 Å². The van der Waals surface area contributed by atoms with E-state index in [1.54, 1.807) is 6.07 Å². The van der Waals surface area contributed by atoms with Crippen molar-refractivity contribution in [2.75, 3.05) is 0 Å². The van der Waals surface area contributed by atoms with E-state index in [4.69, 9.17) is 5.73 Å². The molecule has 2 N–H and O–H groups in total. The summed E-state index contributed by atoms with van der Waals surface area (Å²) in [6.07, 6.45) is 1.79. The van der Waals surface area contributed by atoms with Crippen molar-refractivity contribution in [2.45, 2.75) is 32.7 Å². The third kappa shape index (κ3) is 2.81. The average Bonchev–Trinajstić information content (AvgIpc) is 2.09. The molecule has 0 spiro atoms. The second kappa shape index (κ2) is 4.38. The van der Waals surface area contributed by atoms with Gasteiger partial charge >= 0.3 is 0 Å². The maximum atomic E-state index is 12.7. The topological polar surface area (TPSA) is 26.0 Å². The standard InChI is InChI=1S/C11H16FN/c1-3-11(13)7-9-4-5-10(12)6-8(9)2/h4-6,11H,3,7,13H2,1-2H3. The molecule has 13 heavy (non-hydrogen) atoms. The highest BCUT2D eigenvalue weighted by molar-refractivity contribution is 5.27. The van der Waals surface area contributed by atoms with Gasteiger partial charge in [0, 0.05) is 6.04 Å². The van der Waals surface area contributed by atoms with Gasteiger partial charge < -0.3 is 5.73 Å². The fourth-order valence-corrected chi connectivity index (χ4v) is 1.32. The quantitative estimate of drug-likeness (QED) is 0.761. The number of hydrogen-bond donors (Lipinski definition) is 1. The Morgan fingerprint density at radius 2 is 2.15 bits per heavy atom. The molecule has 1 unspecified atom stereocenters. The normalized spacial score (nSPS) is 12.9. The van der Waals surface area contributed by atoms with Crippen molar-refractivity contribution >= 4 is 0 Å². The Morgan fingerprint density at radius 1 is 1.46 bits per heavy atom. The van der Waals surface area contributed by atoms with Crippen molar-refractivity contribution in [2.24, 2.45) is 5.73 Å². The summed E-state index contributed by atoms with van der Waals surface area (Å²) < 4.78 is 12.7. The fourth-order valence-electron chi connectivity index (χ4n) is 1.32. The summed E-state index contributed by atoms with van der Waals surface area (Å²) in [5.41, 5.74) is 7.96. The first-order chi connectivity index (χ1) is 6.13. The van der Waals surface area contributed by atoms with Gasteiger partial charge in [-0.05, 0) is 43.0 Å². The molecule has 1 atom stereocenters. The summed E-state index contributed by atoms with van der Waals surface area (Å²) in [5, 5.41) is 0. The van der Waals surface area contributed by atoms with Crippen LogP contribution in [0.3, 0.4) is 0 Å². The van der Waals surface area contributed by atoms with Crippen LogP contribution in [0.25, 0.3) is 0 Å². The molecule has 1 aromatic rings. The smallest absolute Gasteiger partial charge is 0.123 e. The van der Waals surface area contributed by atoms with Crippen LogP contribution in [0.4, 0.5) is 4.39 Å². The van der Waals surface area contributed by atoms with Gasteiger partial charge in [0.25, 0.3) is 0 Å². The second-order valence-electron chi connectivity index (χ2n) is 3.44. The average molecular weight is 181 g/mol. The van der Waals surface area contributed by atoms with Crippen molar-refractivity contribution in [3.8, 4) is 0 Å². The molecule has 0 radical (unpaired) electrons. The van der Waals surface area contributed by atoms with E-state index in [0.717, 1.165) is 24.0 Å². The molecule has 1 nitrogen and oxygen atoms in total. The van der Waals surface area contributed by atoms with Crippen LogP contribution in [-0.2, 0) is 6.42 Å². The molecule has 0 saturated heterocycles. The number of hydrogen-bond acceptors (Lipinski definition) is 1. The van der Waals surface area contributed by atoms with Gasteiger partial charge in [-0.2, -0.15) is 0 Å². The van der Waals surface area contributed by atoms with Crippen LogP contribution in [0.5, 0.6) is 0 Å². The third-order valence-corrected chi connectivity index (χ3v) is 2.31. The Bertz CT molecular complexity index is 283. The van der Waals surface area contributed by atoms with Crippen LogP contribution in [-0.4, -0.2) is 6.04 Å². The van der Waals surface area contributed by atoms with E-state index in [9.17, 15) is 4.39 Å². The molecule has 1 aromatic carbocycles. The number of benzene rings is 1. The SMILES string of the molecule is CCC(N)Cc1ccc(F)cc1C. The summed E-state index contributed by atoms with van der Waals surface area (Å²) in [5.74, 6) is -0.175. The number of halogens is 1. The lowest BCUT2D eigenvalue weighted by Crippen LogP contribution is -2.21. The van der Waals surface area contributed by atoms with Gasteiger partial charge in [0.1, 0.15) is 5.82 Å². The fraction of sp³-hybridized carbons (Fsp3) is 0.455. The molecule has 0 aliphatic heterocycles. The summed E-state index contributed by atoms with van der Waals surface area (Å²) >= 11 is 0. The van der Waals surface area contributed by atoms with Gasteiger partial charge in [0.05, 0.1) is 0 Å². The van der Waals surface area contributed by atoms with Gasteiger partial charge in [-0.1, -0.05) is 13.0 Å². The van der Waals surface area contributed by atoms with E-state index in [2.05, 4.69) is 6.92 Å². The van der Waals surface area contributed by atoms with E-state index >= 15 is 0 Å². The summed E-state index contributed by atoms with van der Waals surface area (Å²) in [6.45, 7) is 3.98. The molecule has 1 rings (SSSR count). The molecule has 0 amide bonds. The molecule has 0 aliphatic carbocycles. The monoisotopic (exact) mass is 181 g/mol. The molecule has 0 heterocycles. The lowest BCUT2D eigenvalue weighted by Gasteiger charge is -2.10. The Kier molecular flexibility index (Phi) is 3.43. The van der Waals surface area contributed by atoms with Crippen LogP contribution in [0, 0.1) is 12.7 Å². The molecule has 0 aliphatic rings. The predicted molar refractivity (Wildman–Crippen MR) is 53.1 cm³/mol. The number of aryl methyl sites for hydroxylation is 1. The Balaban J connectivity index is 2.77. The first-order valence-electron chi connectivity index (χ1n) is 4.64. The summed E-state index contributed by atoms with van der Waals surface area (Å²) in [7, 11) is 0. The van der Waals surface area contributed by atoms with Crippen molar-refractivity contribution < 1.29 is 4.39 Å². The largest absolute Gasteiger partial charge is 0.327 e. The summed E-state index contributed by atoms with van der Waals surface area (Å²) in [4.78, 5) is 0. The van der Waals surface area contributed by atoms with Crippen LogP contribution in [0.1, 0.15) is 24.5 Å². The molecule has 0 bridgehead atoms. The van der Waals surface area contributed by atoms with Crippen LogP contribution < -0.4 is 5.73 Å². The van der Waals surface area contributed by atoms with Gasteiger partial charge in [0.15, 0.2) is 0 Å². The Morgan fingerprint density at radius 3 is 2.69 bits per heavy atom. The third-order valence-electron chi connectivity index (χ3n) is 2.31. The molecule has 0 saturated carbocycles. The minimum atomic E-state index is -0.175. The van der Waals surface area contributed by atoms with E-state index in [-0.39, 0.29) is 11.9 Å². The van der Waals surface area contributed by atoms with Gasteiger partial charge in [-0.15, -0.1) is 0 Å². The molecular formula is C11H16FN. The van der Waals surface area contributed by atoms with Crippen molar-refractivity contribution in [3.05, 3.63) is 35.1 Å². The van der Waals surface area contributed by atoms with Crippen molar-refractivity contribution in [1.82, 2.24) is 0 Å². The lowest BCUT2D eigenvalue weighted by atomic mass is 10.0. The molecule has 0 fully saturated rings. The predicted octanol–water partition coefficient (Wildman–Crippen LogP) is 2.41. The highest BCUT2D eigenvalue weighted by Gasteiger charge is 2.04. The van der Waals surface area contributed by atoms with Gasteiger partial charge in [-0.3, -0.25) is 0 Å². The highest BCUT2D eigenvalue weighted by Crippen LogP contribution is 2.12. The number of nitrogens with two attached hydrogens (primary N) is 1. The number of rotatable bonds is 3. The zero-order chi connectivity index (χ0) is 9.84. The van der Waals surface area contributed by atoms with Crippen LogP contribution in [0.15, 0.2) is 18.2 Å². The maximum Gasteiger partial charge on any atom is 0.123 e. The Hall–Kier alpha value is -0.890. The van der Waals surface area contributed by atoms with Crippen molar-refractivity contribution in [3.63, 3.8) is 0 Å². The minimum absolute atomic E-state index is 0.175. The van der Waals surface area contributed by atoms with Gasteiger partial charge in [-0.25, -0.2) is 4.39 Å². The first kappa shape index (κ1) is 10.2. The second-order valence-corrected chi connectivity index (χ2v) is 3.44. The lowest BCUT2D eigenvalue weighted by molar-refractivity contribution is 0.619. The summed E-state index contributed by atoms with van der Waals surface area (Å²) in [6, 6.07) is 5.05. The molecule has 0 aromatic heterocycles. The zero-order valence-electron chi connectivity index (χ0n) is 8.18. The van der Waals surface area contributed by atoms with Crippen molar-refractivity contribution in [1.29, 1.82) is 0 Å². The van der Waals surface area contributed by atoms with E-state index < -0.39 is 0 Å². The van der Waals surface area contributed by atoms with E-state index in [1.807, 2.05) is 13.0 Å².